The summed E-state index contributed by atoms with van der Waals surface area (Å²) in [5.41, 5.74) is 1.73. The van der Waals surface area contributed by atoms with Gasteiger partial charge in [0.25, 0.3) is 0 Å². The van der Waals surface area contributed by atoms with E-state index in [1.54, 1.807) is 22.7 Å². The van der Waals surface area contributed by atoms with Crippen molar-refractivity contribution < 1.29 is 9.53 Å². The Hall–Kier alpha value is -2.46. The number of carbonyl (C=O) groups is 1. The molecule has 0 saturated heterocycles. The summed E-state index contributed by atoms with van der Waals surface area (Å²) in [5, 5.41) is 8.76. The third kappa shape index (κ3) is 5.44. The van der Waals surface area contributed by atoms with Crippen LogP contribution in [-0.2, 0) is 21.5 Å². The molecule has 5 rings (SSSR count). The van der Waals surface area contributed by atoms with E-state index in [4.69, 9.17) is 16.1 Å². The van der Waals surface area contributed by atoms with Crippen LogP contribution < -0.4 is 5.32 Å². The molecule has 2 saturated carbocycles. The number of benzene rings is 1. The lowest BCUT2D eigenvalue weighted by atomic mass is 9.69. The molecule has 4 nitrogen and oxygen atoms in total. The number of aromatic nitrogens is 1. The van der Waals surface area contributed by atoms with E-state index in [0.717, 1.165) is 67.9 Å². The maximum absolute atomic E-state index is 13.7. The van der Waals surface area contributed by atoms with Crippen molar-refractivity contribution in [2.24, 2.45) is 11.8 Å². The normalized spacial score (nSPS) is 23.2. The van der Waals surface area contributed by atoms with Crippen LogP contribution in [0.4, 0.5) is 0 Å². The molecule has 2 fully saturated rings. The zero-order valence-electron chi connectivity index (χ0n) is 20.7. The van der Waals surface area contributed by atoms with Gasteiger partial charge in [0.15, 0.2) is 0 Å². The minimum Gasteiger partial charge on any atom is -0.461 e. The van der Waals surface area contributed by atoms with Crippen LogP contribution >= 0.6 is 22.7 Å². The fourth-order valence-electron chi connectivity index (χ4n) is 5.65. The van der Waals surface area contributed by atoms with Gasteiger partial charge in [-0.05, 0) is 43.7 Å². The second kappa shape index (κ2) is 11.7. The van der Waals surface area contributed by atoms with Gasteiger partial charge in [-0.15, -0.1) is 35.0 Å². The third-order valence-corrected chi connectivity index (χ3v) is 9.84. The Morgan fingerprint density at radius 1 is 1.11 bits per heavy atom. The highest BCUT2D eigenvalue weighted by molar-refractivity contribution is 7.13. The summed E-state index contributed by atoms with van der Waals surface area (Å²) in [7, 11) is 0. The number of esters is 1. The van der Waals surface area contributed by atoms with Crippen molar-refractivity contribution in [3.05, 3.63) is 63.8 Å². The predicted molar refractivity (Wildman–Crippen MR) is 148 cm³/mol. The van der Waals surface area contributed by atoms with Crippen molar-refractivity contribution in [2.45, 2.75) is 69.4 Å². The van der Waals surface area contributed by atoms with E-state index in [9.17, 15) is 4.79 Å². The Balaban J connectivity index is 1.16. The van der Waals surface area contributed by atoms with E-state index < -0.39 is 5.41 Å². The lowest BCUT2D eigenvalue weighted by Gasteiger charge is -2.43. The molecule has 36 heavy (non-hydrogen) atoms. The molecule has 2 heterocycles. The molecule has 6 heteroatoms. The average molecular weight is 519 g/mol. The number of nitrogens with zero attached hydrogens (tertiary/aromatic N) is 1. The Morgan fingerprint density at radius 3 is 2.64 bits per heavy atom. The van der Waals surface area contributed by atoms with Gasteiger partial charge in [0.1, 0.15) is 16.5 Å². The lowest BCUT2D eigenvalue weighted by Crippen LogP contribution is -2.48. The Kier molecular flexibility index (Phi) is 8.21. The molecule has 0 radical (unpaired) electrons. The largest absolute Gasteiger partial charge is 0.461 e. The number of thiophene rings is 1. The third-order valence-electron chi connectivity index (χ3n) is 7.83. The summed E-state index contributed by atoms with van der Waals surface area (Å²) in [6, 6.07) is 14.4. The Bertz CT molecular complexity index is 1160. The first kappa shape index (κ1) is 25.2. The second-order valence-electron chi connectivity index (χ2n) is 10.1. The summed E-state index contributed by atoms with van der Waals surface area (Å²) in [5.74, 6) is 3.30. The van der Waals surface area contributed by atoms with Gasteiger partial charge in [-0.1, -0.05) is 62.1 Å². The average Bonchev–Trinajstić information content (AvgIpc) is 3.55. The molecular weight excluding hydrogens is 484 g/mol. The van der Waals surface area contributed by atoms with Crippen LogP contribution in [0.5, 0.6) is 0 Å². The van der Waals surface area contributed by atoms with Crippen LogP contribution in [0.2, 0.25) is 0 Å². The molecular formula is C30H34N2O2S2. The van der Waals surface area contributed by atoms with Crippen molar-refractivity contribution in [3.8, 4) is 22.9 Å². The maximum Gasteiger partial charge on any atom is 0.317 e. The number of nitrogens with one attached hydrogen (secondary N) is 1. The van der Waals surface area contributed by atoms with Crippen LogP contribution in [0.15, 0.2) is 53.2 Å². The van der Waals surface area contributed by atoms with Crippen LogP contribution in [0.25, 0.3) is 10.6 Å². The van der Waals surface area contributed by atoms with Crippen molar-refractivity contribution in [1.82, 2.24) is 10.3 Å². The molecule has 2 aliphatic carbocycles. The summed E-state index contributed by atoms with van der Waals surface area (Å²) in [6.45, 7) is 1.55. The first-order valence-corrected chi connectivity index (χ1v) is 14.9. The molecule has 0 bridgehead atoms. The summed E-state index contributed by atoms with van der Waals surface area (Å²) in [6.07, 6.45) is 13.8. The van der Waals surface area contributed by atoms with Crippen LogP contribution in [0.1, 0.15) is 61.9 Å². The minimum atomic E-state index is -0.476. The number of carbonyl (C=O) groups excluding carboxylic acids is 1. The molecule has 0 aliphatic heterocycles. The number of ether oxygens (including phenoxy) is 1. The van der Waals surface area contributed by atoms with Crippen molar-refractivity contribution >= 4 is 28.6 Å². The fourth-order valence-corrected chi connectivity index (χ4v) is 7.45. The molecule has 1 N–H and O–H groups in total. The van der Waals surface area contributed by atoms with E-state index in [0.29, 0.717) is 0 Å². The van der Waals surface area contributed by atoms with E-state index in [-0.39, 0.29) is 23.9 Å². The number of terminal acetylenes is 1. The van der Waals surface area contributed by atoms with Crippen molar-refractivity contribution in [1.29, 1.82) is 0 Å². The van der Waals surface area contributed by atoms with Gasteiger partial charge in [-0.2, -0.15) is 0 Å². The standard InChI is InChI=1S/C30H34N2O2S2/c1-2-22-19-26(34-29(33)30(27-13-10-18-35-27)15-8-3-4-9-16-30)25(22)14-17-31-20-24-21-36-28(32-24)23-11-6-5-7-12-23/h1,5-7,10-13,18,21-22,25-26,31H,3-4,8-9,14-17,19-20H2. The SMILES string of the molecule is C#CC1CC(OC(=O)C2(c3cccs3)CCCCCC2)C1CCNCc1csc(-c2ccccc2)n1. The van der Waals surface area contributed by atoms with Gasteiger partial charge >= 0.3 is 5.97 Å². The topological polar surface area (TPSA) is 51.2 Å². The molecule has 3 aromatic rings. The zero-order valence-corrected chi connectivity index (χ0v) is 22.3. The number of rotatable bonds is 9. The molecule has 0 spiro atoms. The number of hydrogen-bond acceptors (Lipinski definition) is 6. The zero-order chi connectivity index (χ0) is 24.8. The summed E-state index contributed by atoms with van der Waals surface area (Å²) in [4.78, 5) is 19.6. The molecule has 188 valence electrons. The molecule has 3 atom stereocenters. The maximum atomic E-state index is 13.7. The van der Waals surface area contributed by atoms with E-state index in [1.165, 1.54) is 17.7 Å². The molecule has 0 amide bonds. The van der Waals surface area contributed by atoms with Gasteiger partial charge in [0, 0.05) is 34.2 Å². The Morgan fingerprint density at radius 2 is 1.92 bits per heavy atom. The molecule has 1 aromatic carbocycles. The molecule has 2 aliphatic rings. The van der Waals surface area contributed by atoms with E-state index in [2.05, 4.69) is 46.3 Å². The highest BCUT2D eigenvalue weighted by Crippen LogP contribution is 2.45. The Labute approximate surface area is 222 Å². The van der Waals surface area contributed by atoms with Gasteiger partial charge in [0.2, 0.25) is 0 Å². The van der Waals surface area contributed by atoms with Crippen LogP contribution in [0, 0.1) is 24.2 Å². The van der Waals surface area contributed by atoms with Crippen molar-refractivity contribution in [3.63, 3.8) is 0 Å². The summed E-state index contributed by atoms with van der Waals surface area (Å²) < 4.78 is 6.25. The highest BCUT2D eigenvalue weighted by Gasteiger charge is 2.48. The smallest absolute Gasteiger partial charge is 0.317 e. The summed E-state index contributed by atoms with van der Waals surface area (Å²) >= 11 is 3.36. The van der Waals surface area contributed by atoms with Gasteiger partial charge in [0.05, 0.1) is 5.69 Å². The van der Waals surface area contributed by atoms with E-state index >= 15 is 0 Å². The highest BCUT2D eigenvalue weighted by atomic mass is 32.1. The van der Waals surface area contributed by atoms with Crippen LogP contribution in [0.3, 0.4) is 0 Å². The van der Waals surface area contributed by atoms with Crippen LogP contribution in [-0.4, -0.2) is 23.6 Å². The fraction of sp³-hybridized carbons (Fsp3) is 0.467. The monoisotopic (exact) mass is 518 g/mol. The predicted octanol–water partition coefficient (Wildman–Crippen LogP) is 6.82. The van der Waals surface area contributed by atoms with Gasteiger partial charge < -0.3 is 10.1 Å². The van der Waals surface area contributed by atoms with Crippen molar-refractivity contribution in [2.75, 3.05) is 6.54 Å². The first-order chi connectivity index (χ1) is 17.7. The lowest BCUT2D eigenvalue weighted by molar-refractivity contribution is -0.169. The number of thiazole rings is 1. The number of hydrogen-bond donors (Lipinski definition) is 1. The first-order valence-electron chi connectivity index (χ1n) is 13.1. The quantitative estimate of drug-likeness (QED) is 0.146. The van der Waals surface area contributed by atoms with Gasteiger partial charge in [-0.25, -0.2) is 4.98 Å². The van der Waals surface area contributed by atoms with Gasteiger partial charge in [-0.3, -0.25) is 4.79 Å². The second-order valence-corrected chi connectivity index (χ2v) is 11.9. The molecule has 3 unspecified atom stereocenters. The van der Waals surface area contributed by atoms with E-state index in [1.807, 2.05) is 18.2 Å². The minimum absolute atomic E-state index is 0.0267. The molecule has 2 aromatic heterocycles.